The molecule has 0 aliphatic heterocycles. The van der Waals surface area contributed by atoms with Gasteiger partial charge in [0.1, 0.15) is 17.5 Å². The lowest BCUT2D eigenvalue weighted by Gasteiger charge is -2.29. The van der Waals surface area contributed by atoms with Gasteiger partial charge in [0.15, 0.2) is 0 Å². The number of hydrogen-bond donors (Lipinski definition) is 0. The molecule has 0 saturated heterocycles. The van der Waals surface area contributed by atoms with Crippen molar-refractivity contribution in [1.29, 1.82) is 0 Å². The molecule has 0 heterocycles. The minimum atomic E-state index is -0.165. The van der Waals surface area contributed by atoms with E-state index in [9.17, 15) is 13.2 Å². The predicted molar refractivity (Wildman–Crippen MR) is 376 cm³/mol. The fourth-order valence-corrected chi connectivity index (χ4v) is 14.1. The Kier molecular flexibility index (Phi) is 22.7. The summed E-state index contributed by atoms with van der Waals surface area (Å²) in [6, 6.07) is 67.9. The molecule has 88 heavy (non-hydrogen) atoms. The minimum Gasteiger partial charge on any atom is -0.206 e. The molecule has 3 saturated carbocycles. The predicted octanol–water partition coefficient (Wildman–Crippen LogP) is 26.5. The van der Waals surface area contributed by atoms with Crippen LogP contribution in [0.2, 0.25) is 0 Å². The topological polar surface area (TPSA) is 0 Å². The fraction of sp³-hybridized carbons (Fsp3) is 0.365. The van der Waals surface area contributed by atoms with Crippen molar-refractivity contribution in [2.75, 3.05) is 0 Å². The van der Waals surface area contributed by atoms with E-state index in [0.29, 0.717) is 34.4 Å². The van der Waals surface area contributed by atoms with Crippen LogP contribution in [0, 0.1) is 42.1 Å². The summed E-state index contributed by atoms with van der Waals surface area (Å²) in [6.45, 7) is 13.4. The molecule has 0 atom stereocenters. The molecule has 0 N–H and O–H groups in total. The molecule has 0 spiro atoms. The monoisotopic (exact) mass is 1180 g/mol. The van der Waals surface area contributed by atoms with E-state index >= 15 is 0 Å². The van der Waals surface area contributed by atoms with Crippen molar-refractivity contribution in [1.82, 2.24) is 0 Å². The first-order valence-corrected chi connectivity index (χ1v) is 33.9. The van der Waals surface area contributed by atoms with Gasteiger partial charge in [0.2, 0.25) is 0 Å². The number of hydrogen-bond acceptors (Lipinski definition) is 0. The van der Waals surface area contributed by atoms with Gasteiger partial charge >= 0.3 is 0 Å². The van der Waals surface area contributed by atoms with E-state index in [2.05, 4.69) is 132 Å². The molecule has 3 aliphatic carbocycles. The Hall–Kier alpha value is -7.23. The maximum Gasteiger partial charge on any atom is 0.131 e. The number of benzene rings is 9. The zero-order chi connectivity index (χ0) is 61.4. The maximum absolute atomic E-state index is 15.0. The van der Waals surface area contributed by atoms with Crippen LogP contribution < -0.4 is 0 Å². The van der Waals surface area contributed by atoms with Crippen LogP contribution in [0.4, 0.5) is 13.2 Å². The van der Waals surface area contributed by atoms with Gasteiger partial charge in [-0.3, -0.25) is 0 Å². The lowest BCUT2D eigenvalue weighted by atomic mass is 9.77. The van der Waals surface area contributed by atoms with Gasteiger partial charge in [-0.2, -0.15) is 0 Å². The molecule has 3 aliphatic rings. The van der Waals surface area contributed by atoms with Gasteiger partial charge in [0.05, 0.1) is 0 Å². The molecule has 0 nitrogen and oxygen atoms in total. The number of aryl methyl sites for hydroxylation is 3. The maximum atomic E-state index is 15.0. The standard InChI is InChI=1S/C31H37F.C28H31F.C26H27F.3H2/c1-3-5-7-24-8-12-25(13-9-24)26-16-18-27(19-17-26)29-20-21-30(31(32)22-29)28-14-10-23(6-4-2)11-15-28;1-3-4-21-7-11-25(12-8-21)27-18-17-26(19-28(27)29)24-15-13-23(14-16-24)22-9-5-20(2)6-10-22;1-18-3-7-20(8-4-18)21-11-13-22(14-12-21)24-15-16-25(26(27)17-24)23-9-5-19(2)6-10-23;;;/h10-11,14-22,24-25H,3-9,12-13H2,1-2H3;7-8,11-20,22H,3-6,9-10H2,1-2H3;5-6,9-18,20H,3-4,7-8H2,1-2H3;3*1H. The molecule has 462 valence electrons. The van der Waals surface area contributed by atoms with E-state index in [-0.39, 0.29) is 21.7 Å². The molecule has 3 fully saturated rings. The second kappa shape index (κ2) is 31.3. The summed E-state index contributed by atoms with van der Waals surface area (Å²) in [4.78, 5) is 0. The summed E-state index contributed by atoms with van der Waals surface area (Å²) in [6.07, 6.45) is 24.4. The van der Waals surface area contributed by atoms with E-state index in [1.54, 1.807) is 18.2 Å². The highest BCUT2D eigenvalue weighted by atomic mass is 19.1. The molecule has 0 amide bonds. The van der Waals surface area contributed by atoms with Crippen molar-refractivity contribution >= 4 is 0 Å². The van der Waals surface area contributed by atoms with Crippen LogP contribution in [-0.4, -0.2) is 0 Å². The smallest absolute Gasteiger partial charge is 0.131 e. The highest BCUT2D eigenvalue weighted by Gasteiger charge is 2.24. The third-order valence-corrected chi connectivity index (χ3v) is 19.9. The highest BCUT2D eigenvalue weighted by Crippen LogP contribution is 2.41. The Bertz CT molecular complexity index is 3590. The van der Waals surface area contributed by atoms with Gasteiger partial charge in [-0.1, -0.05) is 280 Å². The van der Waals surface area contributed by atoms with E-state index in [0.717, 1.165) is 93.5 Å². The third kappa shape index (κ3) is 16.9. The molecule has 9 aromatic rings. The summed E-state index contributed by atoms with van der Waals surface area (Å²) >= 11 is 0. The van der Waals surface area contributed by atoms with Crippen LogP contribution in [0.5, 0.6) is 0 Å². The van der Waals surface area contributed by atoms with E-state index < -0.39 is 0 Å². The summed E-state index contributed by atoms with van der Waals surface area (Å²) in [5.41, 5.74) is 19.0. The second-order valence-corrected chi connectivity index (χ2v) is 26.5. The van der Waals surface area contributed by atoms with Crippen LogP contribution in [0.1, 0.15) is 199 Å². The Morgan fingerprint density at radius 1 is 0.318 bits per heavy atom. The molecular formula is C85H101F3. The molecule has 0 radical (unpaired) electrons. The zero-order valence-electron chi connectivity index (χ0n) is 53.6. The molecule has 9 aromatic carbocycles. The van der Waals surface area contributed by atoms with Gasteiger partial charge in [-0.15, -0.1) is 0 Å². The van der Waals surface area contributed by atoms with Crippen molar-refractivity contribution < 1.29 is 17.5 Å². The first-order chi connectivity index (χ1) is 42.9. The summed E-state index contributed by atoms with van der Waals surface area (Å²) in [7, 11) is 0. The fourth-order valence-electron chi connectivity index (χ4n) is 14.1. The Labute approximate surface area is 531 Å². The van der Waals surface area contributed by atoms with Crippen molar-refractivity contribution in [3.8, 4) is 66.8 Å². The Morgan fingerprint density at radius 2 is 0.602 bits per heavy atom. The molecule has 0 unspecified atom stereocenters. The average Bonchev–Trinajstić information content (AvgIpc) is 2.86. The quantitative estimate of drug-likeness (QED) is 0.0904. The van der Waals surface area contributed by atoms with Crippen LogP contribution >= 0.6 is 0 Å². The molecule has 0 aromatic heterocycles. The van der Waals surface area contributed by atoms with Gasteiger partial charge in [0.25, 0.3) is 0 Å². The Morgan fingerprint density at radius 3 is 0.898 bits per heavy atom. The molecule has 0 bridgehead atoms. The summed E-state index contributed by atoms with van der Waals surface area (Å²) in [5, 5.41) is 0. The Balaban J connectivity index is 0.000000191. The van der Waals surface area contributed by atoms with Crippen molar-refractivity contribution in [2.45, 2.75) is 181 Å². The van der Waals surface area contributed by atoms with E-state index in [1.807, 2.05) is 91.9 Å². The number of rotatable bonds is 16. The van der Waals surface area contributed by atoms with Gasteiger partial charge < -0.3 is 0 Å². The number of halogens is 3. The second-order valence-electron chi connectivity index (χ2n) is 26.5. The lowest BCUT2D eigenvalue weighted by Crippen LogP contribution is -2.13. The molecule has 12 rings (SSSR count). The van der Waals surface area contributed by atoms with E-state index in [1.165, 1.54) is 130 Å². The van der Waals surface area contributed by atoms with Crippen LogP contribution in [-0.2, 0) is 12.8 Å². The summed E-state index contributed by atoms with van der Waals surface area (Å²) in [5.74, 6) is 4.28. The average molecular weight is 1180 g/mol. The van der Waals surface area contributed by atoms with Gasteiger partial charge in [0, 0.05) is 21.0 Å². The van der Waals surface area contributed by atoms with Crippen molar-refractivity contribution in [3.63, 3.8) is 0 Å². The van der Waals surface area contributed by atoms with Crippen LogP contribution in [0.15, 0.2) is 200 Å². The van der Waals surface area contributed by atoms with Gasteiger partial charge in [-0.05, 0) is 203 Å². The summed E-state index contributed by atoms with van der Waals surface area (Å²) < 4.78 is 44.6. The van der Waals surface area contributed by atoms with Gasteiger partial charge in [-0.25, -0.2) is 13.2 Å². The first-order valence-electron chi connectivity index (χ1n) is 33.9. The largest absolute Gasteiger partial charge is 0.206 e. The lowest BCUT2D eigenvalue weighted by molar-refractivity contribution is 0.304. The minimum absolute atomic E-state index is 0. The van der Waals surface area contributed by atoms with Crippen LogP contribution in [0.25, 0.3) is 66.8 Å². The van der Waals surface area contributed by atoms with Crippen LogP contribution in [0.3, 0.4) is 0 Å². The normalized spacial score (nSPS) is 19.2. The van der Waals surface area contributed by atoms with E-state index in [4.69, 9.17) is 0 Å². The van der Waals surface area contributed by atoms with Crippen molar-refractivity contribution in [3.05, 3.63) is 251 Å². The highest BCUT2D eigenvalue weighted by molar-refractivity contribution is 5.74. The molecular weight excluding hydrogens is 1080 g/mol. The molecule has 3 heteroatoms. The zero-order valence-corrected chi connectivity index (χ0v) is 53.6. The SMILES string of the molecule is CCCCC1CCC(c2ccc(-c3ccc(-c4ccc(CCC)cc4)c(F)c3)cc2)CC1.CCCc1ccc(-c2ccc(-c3ccc(C4CCC(C)CC4)cc3)cc2F)cc1.Cc1ccc(-c2ccc(-c3ccc(C4CCC(C)CC4)cc3)cc2F)cc1.[HH].[HH].[HH]. The van der Waals surface area contributed by atoms with Crippen molar-refractivity contribution in [2.24, 2.45) is 17.8 Å². The number of unbranched alkanes of at least 4 members (excludes halogenated alkanes) is 1. The third-order valence-electron chi connectivity index (χ3n) is 19.9. The first kappa shape index (κ1) is 63.8.